The number of likely N-dealkylation sites (N-methyl/N-ethyl adjacent to an activating group) is 1. The van der Waals surface area contributed by atoms with E-state index in [0.717, 1.165) is 6.42 Å². The first kappa shape index (κ1) is 16.4. The predicted octanol–water partition coefficient (Wildman–Crippen LogP) is 1.55. The lowest BCUT2D eigenvalue weighted by Gasteiger charge is -2.39. The number of aliphatic hydroxyl groups excluding tert-OH is 1. The summed E-state index contributed by atoms with van der Waals surface area (Å²) < 4.78 is 2.19. The molecule has 4 rings (SSSR count). The van der Waals surface area contributed by atoms with Crippen molar-refractivity contribution in [3.63, 3.8) is 0 Å². The molecule has 1 aromatic heterocycles. The van der Waals surface area contributed by atoms with E-state index in [9.17, 15) is 9.90 Å². The van der Waals surface area contributed by atoms with Crippen LogP contribution in [0.25, 0.3) is 16.5 Å². The van der Waals surface area contributed by atoms with Gasteiger partial charge >= 0.3 is 0 Å². The molecule has 1 amide bonds. The second-order valence-electron chi connectivity index (χ2n) is 7.45. The quantitative estimate of drug-likeness (QED) is 0.892. The molecule has 3 atom stereocenters. The molecule has 1 aromatic carbocycles. The molecule has 0 radical (unpaired) electrons. The van der Waals surface area contributed by atoms with Crippen LogP contribution in [0, 0.1) is 5.92 Å². The summed E-state index contributed by atoms with van der Waals surface area (Å²) in [5.74, 6) is -0.198. The Kier molecular flexibility index (Phi) is 3.93. The third-order valence-corrected chi connectivity index (χ3v) is 5.57. The van der Waals surface area contributed by atoms with Gasteiger partial charge in [-0.15, -0.1) is 0 Å². The van der Waals surface area contributed by atoms with Crippen LogP contribution in [0.2, 0.25) is 0 Å². The molecule has 5 nitrogen and oxygen atoms in total. The number of hydrogen-bond donors (Lipinski definition) is 2. The molecule has 2 aromatic rings. The fourth-order valence-electron chi connectivity index (χ4n) is 4.29. The molecule has 2 heterocycles. The highest BCUT2D eigenvalue weighted by molar-refractivity contribution is 5.99. The fraction of sp³-hybridized carbons (Fsp3) is 0.450. The molecular formula is C20H25N3O2. The smallest absolute Gasteiger partial charge is 0.228 e. The number of rotatable bonds is 3. The summed E-state index contributed by atoms with van der Waals surface area (Å²) in [6.45, 7) is 2.48. The second-order valence-corrected chi connectivity index (χ2v) is 7.45. The van der Waals surface area contributed by atoms with E-state index < -0.39 is 0 Å². The van der Waals surface area contributed by atoms with Gasteiger partial charge in [-0.3, -0.25) is 9.69 Å². The van der Waals surface area contributed by atoms with E-state index >= 15 is 0 Å². The molecule has 2 aliphatic rings. The lowest BCUT2D eigenvalue weighted by molar-refractivity contribution is -0.125. The van der Waals surface area contributed by atoms with Gasteiger partial charge in [-0.25, -0.2) is 0 Å². The van der Waals surface area contributed by atoms with E-state index in [1.807, 2.05) is 6.92 Å². The van der Waals surface area contributed by atoms with Gasteiger partial charge in [0.25, 0.3) is 0 Å². The van der Waals surface area contributed by atoms with Gasteiger partial charge < -0.3 is 15.0 Å². The molecule has 0 spiro atoms. The Balaban J connectivity index is 1.77. The molecule has 0 saturated heterocycles. The van der Waals surface area contributed by atoms with Crippen LogP contribution in [0.5, 0.6) is 0 Å². The molecule has 132 valence electrons. The average Bonchev–Trinajstić information content (AvgIpc) is 2.93. The van der Waals surface area contributed by atoms with Crippen molar-refractivity contribution in [1.29, 1.82) is 0 Å². The van der Waals surface area contributed by atoms with Crippen LogP contribution in [-0.4, -0.2) is 52.8 Å². The highest BCUT2D eigenvalue weighted by Crippen LogP contribution is 2.41. The molecule has 0 fully saturated rings. The van der Waals surface area contributed by atoms with E-state index in [4.69, 9.17) is 0 Å². The van der Waals surface area contributed by atoms with Crippen LogP contribution in [0.4, 0.5) is 0 Å². The van der Waals surface area contributed by atoms with Crippen molar-refractivity contribution >= 4 is 22.4 Å². The minimum atomic E-state index is -0.218. The molecule has 1 unspecified atom stereocenters. The van der Waals surface area contributed by atoms with E-state index in [-0.39, 0.29) is 24.5 Å². The van der Waals surface area contributed by atoms with Crippen LogP contribution in [0.15, 0.2) is 30.5 Å². The van der Waals surface area contributed by atoms with Crippen LogP contribution >= 0.6 is 0 Å². The molecule has 2 N–H and O–H groups in total. The molecule has 0 saturated carbocycles. The minimum Gasteiger partial charge on any atom is -0.394 e. The second kappa shape index (κ2) is 6.00. The number of carbonyl (C=O) groups is 1. The summed E-state index contributed by atoms with van der Waals surface area (Å²) in [7, 11) is 4.19. The van der Waals surface area contributed by atoms with Crippen molar-refractivity contribution in [3.05, 3.63) is 41.6 Å². The number of nitrogens with zero attached hydrogens (tertiary/aromatic N) is 2. The molecule has 5 heteroatoms. The maximum atomic E-state index is 12.6. The maximum Gasteiger partial charge on any atom is 0.228 e. The van der Waals surface area contributed by atoms with E-state index in [1.165, 1.54) is 27.6 Å². The summed E-state index contributed by atoms with van der Waals surface area (Å²) >= 11 is 0. The maximum absolute atomic E-state index is 12.6. The van der Waals surface area contributed by atoms with Crippen molar-refractivity contribution in [3.8, 4) is 0 Å². The van der Waals surface area contributed by atoms with Gasteiger partial charge in [0.05, 0.1) is 12.5 Å². The summed E-state index contributed by atoms with van der Waals surface area (Å²) in [6.07, 6.45) is 5.37. The number of fused-ring (bicyclic) bond motifs is 2. The Morgan fingerprint density at radius 1 is 1.40 bits per heavy atom. The van der Waals surface area contributed by atoms with Crippen LogP contribution in [-0.2, 0) is 18.3 Å². The minimum absolute atomic E-state index is 0.00890. The van der Waals surface area contributed by atoms with Gasteiger partial charge in [0, 0.05) is 42.8 Å². The molecule has 0 bridgehead atoms. The number of aliphatic hydroxyl groups is 1. The monoisotopic (exact) mass is 339 g/mol. The van der Waals surface area contributed by atoms with Gasteiger partial charge in [0.1, 0.15) is 0 Å². The lowest BCUT2D eigenvalue weighted by atomic mass is 9.80. The van der Waals surface area contributed by atoms with Gasteiger partial charge in [-0.2, -0.15) is 0 Å². The zero-order valence-electron chi connectivity index (χ0n) is 15.0. The number of carbonyl (C=O) groups excluding carboxylic acids is 1. The summed E-state index contributed by atoms with van der Waals surface area (Å²) in [6, 6.07) is 6.53. The van der Waals surface area contributed by atoms with Crippen LogP contribution in [0.3, 0.4) is 0 Å². The highest BCUT2D eigenvalue weighted by Gasteiger charge is 2.36. The number of amides is 1. The summed E-state index contributed by atoms with van der Waals surface area (Å²) in [5.41, 5.74) is 5.15. The number of hydrogen-bond acceptors (Lipinski definition) is 3. The van der Waals surface area contributed by atoms with E-state index in [2.05, 4.69) is 59.4 Å². The fourth-order valence-corrected chi connectivity index (χ4v) is 4.29. The lowest BCUT2D eigenvalue weighted by Crippen LogP contribution is -2.48. The van der Waals surface area contributed by atoms with Crippen molar-refractivity contribution in [2.75, 3.05) is 20.2 Å². The largest absolute Gasteiger partial charge is 0.394 e. The van der Waals surface area contributed by atoms with Crippen molar-refractivity contribution < 1.29 is 9.90 Å². The highest BCUT2D eigenvalue weighted by atomic mass is 16.3. The summed E-state index contributed by atoms with van der Waals surface area (Å²) in [5, 5.41) is 13.4. The average molecular weight is 339 g/mol. The topological polar surface area (TPSA) is 57.5 Å². The number of aryl methyl sites for hydroxylation is 1. The zero-order chi connectivity index (χ0) is 17.7. The van der Waals surface area contributed by atoms with Crippen molar-refractivity contribution in [1.82, 2.24) is 14.8 Å². The van der Waals surface area contributed by atoms with Crippen LogP contribution < -0.4 is 5.32 Å². The molecule has 1 aliphatic heterocycles. The standard InChI is InChI=1S/C20H25N3O2/c1-12(11-24)21-20(25)14-7-16-15-5-4-6-17-19(15)13(9-22(17)2)8-18(16)23(3)10-14/h4-7,9,12,14,18,24H,8,10-11H2,1-3H3,(H,21,25)/t12?,14-,18-/m1/s1. The van der Waals surface area contributed by atoms with Crippen molar-refractivity contribution in [2.24, 2.45) is 13.0 Å². The van der Waals surface area contributed by atoms with Gasteiger partial charge in [0.15, 0.2) is 0 Å². The SMILES string of the molecule is CC(CO)NC(=O)[C@@H]1C=C2c3cccc4c3c(cn4C)C[C@H]2N(C)C1. The third kappa shape index (κ3) is 2.58. The molecular weight excluding hydrogens is 314 g/mol. The number of aromatic nitrogens is 1. The van der Waals surface area contributed by atoms with E-state index in [0.29, 0.717) is 12.6 Å². The Bertz CT molecular complexity index is 867. The van der Waals surface area contributed by atoms with Gasteiger partial charge in [-0.1, -0.05) is 18.2 Å². The Hall–Kier alpha value is -2.11. The van der Waals surface area contributed by atoms with E-state index in [1.54, 1.807) is 0 Å². The molecule has 1 aliphatic carbocycles. The van der Waals surface area contributed by atoms with Crippen LogP contribution in [0.1, 0.15) is 18.1 Å². The Morgan fingerprint density at radius 2 is 2.20 bits per heavy atom. The normalized spacial score (nSPS) is 23.9. The van der Waals surface area contributed by atoms with Gasteiger partial charge in [0.2, 0.25) is 5.91 Å². The summed E-state index contributed by atoms with van der Waals surface area (Å²) in [4.78, 5) is 14.9. The Labute approximate surface area is 147 Å². The zero-order valence-corrected chi connectivity index (χ0v) is 15.0. The van der Waals surface area contributed by atoms with Gasteiger partial charge in [-0.05, 0) is 43.2 Å². The first-order chi connectivity index (χ1) is 12.0. The number of nitrogens with one attached hydrogen (secondary N) is 1. The first-order valence-electron chi connectivity index (χ1n) is 8.90. The predicted molar refractivity (Wildman–Crippen MR) is 99.2 cm³/mol. The third-order valence-electron chi connectivity index (χ3n) is 5.57. The molecule has 25 heavy (non-hydrogen) atoms. The Morgan fingerprint density at radius 3 is 2.96 bits per heavy atom. The van der Waals surface area contributed by atoms with Crippen molar-refractivity contribution in [2.45, 2.75) is 25.4 Å². The number of benzene rings is 1. The first-order valence-corrected chi connectivity index (χ1v) is 8.90.